The third kappa shape index (κ3) is 3.89. The molecule has 0 spiro atoms. The Kier molecular flexibility index (Phi) is 5.16. The molecule has 0 amide bonds. The molecule has 2 rings (SSSR count). The molecule has 5 heteroatoms. The van der Waals surface area contributed by atoms with Crippen LogP contribution in [0.25, 0.3) is 0 Å². The summed E-state index contributed by atoms with van der Waals surface area (Å²) in [6.07, 6.45) is 3.39. The zero-order valence-corrected chi connectivity index (χ0v) is 13.1. The quantitative estimate of drug-likeness (QED) is 0.797. The van der Waals surface area contributed by atoms with E-state index in [1.165, 1.54) is 0 Å². The van der Waals surface area contributed by atoms with Crippen LogP contribution in [-0.2, 0) is 0 Å². The molecule has 2 unspecified atom stereocenters. The van der Waals surface area contributed by atoms with Gasteiger partial charge in [0.05, 0.1) is 17.6 Å². The highest BCUT2D eigenvalue weighted by Gasteiger charge is 2.30. The molecule has 1 aromatic heterocycles. The number of aromatic nitrogens is 1. The van der Waals surface area contributed by atoms with Gasteiger partial charge < -0.3 is 4.74 Å². The molecular formula is C14H19NO2S2. The Labute approximate surface area is 122 Å². The molecule has 1 aromatic rings. The van der Waals surface area contributed by atoms with Crippen LogP contribution in [0.1, 0.15) is 31.1 Å². The number of ether oxygens (including phenoxy) is 1. The van der Waals surface area contributed by atoms with Gasteiger partial charge in [0.25, 0.3) is 0 Å². The summed E-state index contributed by atoms with van der Waals surface area (Å²) in [5.74, 6) is 3.01. The Balaban J connectivity index is 2.14. The maximum Gasteiger partial charge on any atom is 0.178 e. The first-order chi connectivity index (χ1) is 9.08. The number of Topliss-reactive ketones (excluding diaryl/α,β-unsaturated/α-hetero) is 1. The van der Waals surface area contributed by atoms with Crippen LogP contribution in [-0.4, -0.2) is 38.9 Å². The zero-order valence-electron chi connectivity index (χ0n) is 11.5. The predicted octanol–water partition coefficient (Wildman–Crippen LogP) is 3.29. The van der Waals surface area contributed by atoms with E-state index in [2.05, 4.69) is 11.9 Å². The summed E-state index contributed by atoms with van der Waals surface area (Å²) < 4.78 is 5.59. The van der Waals surface area contributed by atoms with E-state index >= 15 is 0 Å². The van der Waals surface area contributed by atoms with Gasteiger partial charge in [-0.3, -0.25) is 9.78 Å². The first kappa shape index (κ1) is 14.7. The minimum Gasteiger partial charge on any atom is -0.489 e. The van der Waals surface area contributed by atoms with E-state index in [9.17, 15) is 4.79 Å². The fourth-order valence-corrected chi connectivity index (χ4v) is 4.70. The number of hydrogen-bond acceptors (Lipinski definition) is 5. The number of nitrogens with zero attached hydrogens (tertiary/aromatic N) is 1. The van der Waals surface area contributed by atoms with Gasteiger partial charge in [-0.05, 0) is 19.9 Å². The van der Waals surface area contributed by atoms with E-state index in [0.717, 1.165) is 11.5 Å². The maximum atomic E-state index is 12.5. The monoisotopic (exact) mass is 297 g/mol. The normalized spacial score (nSPS) is 23.4. The predicted molar refractivity (Wildman–Crippen MR) is 82.5 cm³/mol. The summed E-state index contributed by atoms with van der Waals surface area (Å²) in [6.45, 7) is 6.05. The minimum absolute atomic E-state index is 0.0369. The molecule has 3 nitrogen and oxygen atoms in total. The van der Waals surface area contributed by atoms with Gasteiger partial charge in [-0.2, -0.15) is 11.8 Å². The third-order valence-corrected chi connectivity index (χ3v) is 5.91. The van der Waals surface area contributed by atoms with Crippen molar-refractivity contribution in [1.29, 1.82) is 0 Å². The van der Waals surface area contributed by atoms with E-state index in [4.69, 9.17) is 4.74 Å². The molecule has 1 fully saturated rings. The number of pyridine rings is 1. The van der Waals surface area contributed by atoms with E-state index in [1.54, 1.807) is 24.2 Å². The van der Waals surface area contributed by atoms with Crippen molar-refractivity contribution >= 4 is 29.3 Å². The van der Waals surface area contributed by atoms with E-state index in [1.807, 2.05) is 31.7 Å². The van der Waals surface area contributed by atoms with Crippen LogP contribution in [0.2, 0.25) is 0 Å². The topological polar surface area (TPSA) is 39.2 Å². The molecule has 0 bridgehead atoms. The largest absolute Gasteiger partial charge is 0.489 e. The van der Waals surface area contributed by atoms with Crippen molar-refractivity contribution in [2.45, 2.75) is 37.4 Å². The zero-order chi connectivity index (χ0) is 13.8. The Morgan fingerprint density at radius 1 is 1.37 bits per heavy atom. The summed E-state index contributed by atoms with van der Waals surface area (Å²) in [5, 5.41) is 0.399. The Bertz CT molecular complexity index is 451. The van der Waals surface area contributed by atoms with Gasteiger partial charge in [0.15, 0.2) is 5.78 Å². The van der Waals surface area contributed by atoms with E-state index in [-0.39, 0.29) is 17.1 Å². The molecule has 0 radical (unpaired) electrons. The van der Waals surface area contributed by atoms with Gasteiger partial charge >= 0.3 is 0 Å². The summed E-state index contributed by atoms with van der Waals surface area (Å²) in [6, 6.07) is 1.81. The van der Waals surface area contributed by atoms with Crippen molar-refractivity contribution in [3.63, 3.8) is 0 Å². The van der Waals surface area contributed by atoms with Crippen LogP contribution < -0.4 is 4.74 Å². The first-order valence-corrected chi connectivity index (χ1v) is 8.57. The van der Waals surface area contributed by atoms with Crippen LogP contribution in [0, 0.1) is 0 Å². The summed E-state index contributed by atoms with van der Waals surface area (Å²) in [7, 11) is 0. The van der Waals surface area contributed by atoms with Gasteiger partial charge in [0.2, 0.25) is 0 Å². The smallest absolute Gasteiger partial charge is 0.178 e. The highest BCUT2D eigenvalue weighted by atomic mass is 32.2. The number of carbonyl (C=O) groups excluding carboxylic acids is 1. The summed E-state index contributed by atoms with van der Waals surface area (Å²) in [4.78, 5) is 16.6. The Morgan fingerprint density at radius 3 is 2.79 bits per heavy atom. The lowest BCUT2D eigenvalue weighted by molar-refractivity contribution is 0.0988. The van der Waals surface area contributed by atoms with Crippen molar-refractivity contribution in [2.24, 2.45) is 0 Å². The van der Waals surface area contributed by atoms with Crippen molar-refractivity contribution in [1.82, 2.24) is 4.98 Å². The van der Waals surface area contributed by atoms with Crippen LogP contribution >= 0.6 is 23.5 Å². The standard InChI is InChI=1S/C14H19NO2S2/c1-9(2)17-12-6-11(7-15-8-12)13(16)14-10(3)18-4-5-19-14/h6-10,14H,4-5H2,1-3H3. The van der Waals surface area contributed by atoms with Crippen molar-refractivity contribution in [3.8, 4) is 5.75 Å². The maximum absolute atomic E-state index is 12.5. The first-order valence-electron chi connectivity index (χ1n) is 6.47. The van der Waals surface area contributed by atoms with Gasteiger partial charge in [0.1, 0.15) is 5.75 Å². The molecule has 104 valence electrons. The van der Waals surface area contributed by atoms with Crippen molar-refractivity contribution in [3.05, 3.63) is 24.0 Å². The minimum atomic E-state index is 0.0369. The van der Waals surface area contributed by atoms with Gasteiger partial charge in [-0.25, -0.2) is 0 Å². The Hall–Kier alpha value is -0.680. The molecule has 0 aliphatic carbocycles. The lowest BCUT2D eigenvalue weighted by atomic mass is 10.1. The third-order valence-electron chi connectivity index (χ3n) is 2.82. The number of carbonyl (C=O) groups is 1. The van der Waals surface area contributed by atoms with E-state index < -0.39 is 0 Å². The van der Waals surface area contributed by atoms with Crippen LogP contribution in [0.4, 0.5) is 0 Å². The fourth-order valence-electron chi connectivity index (χ4n) is 1.98. The lowest BCUT2D eigenvalue weighted by Gasteiger charge is -2.26. The second-order valence-electron chi connectivity index (χ2n) is 4.81. The average Bonchev–Trinajstić information content (AvgIpc) is 2.38. The average molecular weight is 297 g/mol. The molecule has 1 saturated heterocycles. The lowest BCUT2D eigenvalue weighted by Crippen LogP contribution is -2.31. The number of thioether (sulfide) groups is 2. The van der Waals surface area contributed by atoms with Crippen molar-refractivity contribution < 1.29 is 9.53 Å². The molecule has 0 N–H and O–H groups in total. The van der Waals surface area contributed by atoms with Crippen LogP contribution in [0.5, 0.6) is 5.75 Å². The van der Waals surface area contributed by atoms with Crippen molar-refractivity contribution in [2.75, 3.05) is 11.5 Å². The Morgan fingerprint density at radius 2 is 2.11 bits per heavy atom. The highest BCUT2D eigenvalue weighted by Crippen LogP contribution is 2.33. The summed E-state index contributed by atoms with van der Waals surface area (Å²) in [5.41, 5.74) is 0.657. The summed E-state index contributed by atoms with van der Waals surface area (Å²) >= 11 is 3.63. The number of hydrogen-bond donors (Lipinski definition) is 0. The second kappa shape index (κ2) is 6.66. The molecule has 0 saturated carbocycles. The second-order valence-corrected chi connectivity index (χ2v) is 7.54. The molecule has 0 aromatic carbocycles. The SMILES string of the molecule is CC(C)Oc1cncc(C(=O)C2SCCSC2C)c1. The molecule has 1 aliphatic heterocycles. The molecule has 2 atom stereocenters. The number of ketones is 1. The molecular weight excluding hydrogens is 278 g/mol. The van der Waals surface area contributed by atoms with Gasteiger partial charge in [-0.15, -0.1) is 11.8 Å². The molecule has 2 heterocycles. The van der Waals surface area contributed by atoms with Crippen LogP contribution in [0.15, 0.2) is 18.5 Å². The van der Waals surface area contributed by atoms with E-state index in [0.29, 0.717) is 16.6 Å². The van der Waals surface area contributed by atoms with Gasteiger partial charge in [-0.1, -0.05) is 6.92 Å². The highest BCUT2D eigenvalue weighted by molar-refractivity contribution is 8.07. The molecule has 19 heavy (non-hydrogen) atoms. The number of rotatable bonds is 4. The van der Waals surface area contributed by atoms with Crippen LogP contribution in [0.3, 0.4) is 0 Å². The van der Waals surface area contributed by atoms with Gasteiger partial charge in [0, 0.05) is 28.5 Å². The fraction of sp³-hybridized carbons (Fsp3) is 0.571. The molecule has 1 aliphatic rings.